The van der Waals surface area contributed by atoms with Crippen molar-refractivity contribution in [1.82, 2.24) is 10.3 Å². The number of rotatable bonds is 6. The van der Waals surface area contributed by atoms with Crippen molar-refractivity contribution in [1.29, 1.82) is 0 Å². The number of hydrogen-bond donors (Lipinski definition) is 2. The van der Waals surface area contributed by atoms with Gasteiger partial charge in [-0.05, 0) is 44.9 Å². The summed E-state index contributed by atoms with van der Waals surface area (Å²) >= 11 is 0. The number of ether oxygens (including phenoxy) is 1. The number of carbonyl (C=O) groups excluding carboxylic acids is 2. The maximum Gasteiger partial charge on any atom is 0.257 e. The van der Waals surface area contributed by atoms with Gasteiger partial charge < -0.3 is 15.4 Å². The summed E-state index contributed by atoms with van der Waals surface area (Å²) in [7, 11) is 0. The summed E-state index contributed by atoms with van der Waals surface area (Å²) in [5, 5.41) is 5.94. The number of nitrogens with zero attached hydrogens (tertiary/aromatic N) is 1. The fourth-order valence-electron chi connectivity index (χ4n) is 3.50. The first-order chi connectivity index (χ1) is 14.0. The van der Waals surface area contributed by atoms with E-state index in [1.165, 1.54) is 25.2 Å². The van der Waals surface area contributed by atoms with Gasteiger partial charge in [-0.1, -0.05) is 37.8 Å². The standard InChI is InChI=1S/C23H29N3O3/c1-16(2)29-21-12-8-7-11-20(21)26-23(28)18-13-17(14-24-15-18)22(27)25-19-9-5-3-4-6-10-19/h7-8,11-16,19H,3-6,9-10H2,1-2H3,(H,25,27)(H,26,28). The van der Waals surface area contributed by atoms with E-state index in [1.807, 2.05) is 32.0 Å². The Kier molecular flexibility index (Phi) is 7.22. The van der Waals surface area contributed by atoms with E-state index in [-0.39, 0.29) is 24.0 Å². The van der Waals surface area contributed by atoms with Crippen molar-refractivity contribution < 1.29 is 14.3 Å². The van der Waals surface area contributed by atoms with Crippen LogP contribution in [0.2, 0.25) is 0 Å². The fraction of sp³-hybridized carbons (Fsp3) is 0.435. The van der Waals surface area contributed by atoms with Crippen molar-refractivity contribution in [3.8, 4) is 5.75 Å². The number of amides is 2. The van der Waals surface area contributed by atoms with Gasteiger partial charge in [0.15, 0.2) is 0 Å². The molecule has 0 radical (unpaired) electrons. The van der Waals surface area contributed by atoms with Gasteiger partial charge in [0.05, 0.1) is 22.9 Å². The van der Waals surface area contributed by atoms with Gasteiger partial charge in [-0.3, -0.25) is 14.6 Å². The molecule has 1 saturated carbocycles. The first kappa shape index (κ1) is 20.8. The van der Waals surface area contributed by atoms with Crippen LogP contribution in [-0.4, -0.2) is 28.9 Å². The van der Waals surface area contributed by atoms with Crippen molar-refractivity contribution >= 4 is 17.5 Å². The van der Waals surface area contributed by atoms with Gasteiger partial charge in [0.25, 0.3) is 11.8 Å². The maximum atomic E-state index is 12.7. The molecule has 6 heteroatoms. The molecule has 1 heterocycles. The lowest BCUT2D eigenvalue weighted by molar-refractivity contribution is 0.0933. The summed E-state index contributed by atoms with van der Waals surface area (Å²) < 4.78 is 5.74. The lowest BCUT2D eigenvalue weighted by atomic mass is 10.1. The minimum atomic E-state index is -0.332. The molecule has 0 saturated heterocycles. The lowest BCUT2D eigenvalue weighted by Crippen LogP contribution is -2.34. The number of carbonyl (C=O) groups is 2. The number of aromatic nitrogens is 1. The molecule has 0 aliphatic heterocycles. The second-order valence-electron chi connectivity index (χ2n) is 7.74. The van der Waals surface area contributed by atoms with Gasteiger partial charge in [0.1, 0.15) is 5.75 Å². The Bertz CT molecular complexity index is 843. The van der Waals surface area contributed by atoms with E-state index in [0.29, 0.717) is 22.6 Å². The normalized spacial score (nSPS) is 14.9. The number of anilines is 1. The third-order valence-electron chi connectivity index (χ3n) is 4.95. The van der Waals surface area contributed by atoms with Crippen LogP contribution in [0.5, 0.6) is 5.75 Å². The molecule has 154 valence electrons. The van der Waals surface area contributed by atoms with Crippen LogP contribution < -0.4 is 15.4 Å². The Morgan fingerprint density at radius 3 is 2.34 bits per heavy atom. The molecule has 2 amide bonds. The van der Waals surface area contributed by atoms with Crippen LogP contribution in [0.15, 0.2) is 42.7 Å². The fourth-order valence-corrected chi connectivity index (χ4v) is 3.50. The molecule has 0 atom stereocenters. The van der Waals surface area contributed by atoms with Gasteiger partial charge in [-0.25, -0.2) is 0 Å². The van der Waals surface area contributed by atoms with Crippen LogP contribution in [0.25, 0.3) is 0 Å². The van der Waals surface area contributed by atoms with Crippen LogP contribution in [0.4, 0.5) is 5.69 Å². The van der Waals surface area contributed by atoms with Crippen molar-refractivity contribution in [2.75, 3.05) is 5.32 Å². The molecule has 2 aromatic rings. The highest BCUT2D eigenvalue weighted by Gasteiger charge is 2.18. The van der Waals surface area contributed by atoms with Crippen LogP contribution in [-0.2, 0) is 0 Å². The van der Waals surface area contributed by atoms with E-state index >= 15 is 0 Å². The van der Waals surface area contributed by atoms with Gasteiger partial charge in [-0.2, -0.15) is 0 Å². The summed E-state index contributed by atoms with van der Waals surface area (Å²) in [6, 6.07) is 9.06. The van der Waals surface area contributed by atoms with E-state index in [2.05, 4.69) is 15.6 Å². The van der Waals surface area contributed by atoms with Crippen LogP contribution in [0, 0.1) is 0 Å². The topological polar surface area (TPSA) is 80.3 Å². The molecule has 1 aromatic carbocycles. The summed E-state index contributed by atoms with van der Waals surface area (Å²) in [4.78, 5) is 29.5. The summed E-state index contributed by atoms with van der Waals surface area (Å²) in [6.45, 7) is 3.86. The van der Waals surface area contributed by atoms with Gasteiger partial charge in [0.2, 0.25) is 0 Å². The maximum absolute atomic E-state index is 12.7. The highest BCUT2D eigenvalue weighted by Crippen LogP contribution is 2.25. The molecule has 0 spiro atoms. The second-order valence-corrected chi connectivity index (χ2v) is 7.74. The van der Waals surface area contributed by atoms with E-state index in [9.17, 15) is 9.59 Å². The molecular formula is C23H29N3O3. The van der Waals surface area contributed by atoms with Crippen molar-refractivity contribution in [2.24, 2.45) is 0 Å². The van der Waals surface area contributed by atoms with Crippen molar-refractivity contribution in [3.63, 3.8) is 0 Å². The number of nitrogens with one attached hydrogen (secondary N) is 2. The van der Waals surface area contributed by atoms with Crippen molar-refractivity contribution in [2.45, 2.75) is 64.5 Å². The monoisotopic (exact) mass is 395 g/mol. The largest absolute Gasteiger partial charge is 0.489 e. The zero-order valence-electron chi connectivity index (χ0n) is 17.1. The number of para-hydroxylation sites is 2. The quantitative estimate of drug-likeness (QED) is 0.702. The summed E-state index contributed by atoms with van der Waals surface area (Å²) in [6.07, 6.45) is 9.70. The third kappa shape index (κ3) is 6.04. The van der Waals surface area contributed by atoms with E-state index in [0.717, 1.165) is 25.7 Å². The molecule has 3 rings (SSSR count). The number of pyridine rings is 1. The van der Waals surface area contributed by atoms with E-state index in [4.69, 9.17) is 4.74 Å². The Labute approximate surface area is 172 Å². The molecule has 1 aliphatic carbocycles. The van der Waals surface area contributed by atoms with Gasteiger partial charge >= 0.3 is 0 Å². The summed E-state index contributed by atoms with van der Waals surface area (Å²) in [5.74, 6) is 0.0927. The Balaban J connectivity index is 1.69. The van der Waals surface area contributed by atoms with Gasteiger partial charge in [-0.15, -0.1) is 0 Å². The van der Waals surface area contributed by atoms with Gasteiger partial charge in [0, 0.05) is 18.4 Å². The first-order valence-electron chi connectivity index (χ1n) is 10.4. The molecule has 1 aromatic heterocycles. The third-order valence-corrected chi connectivity index (χ3v) is 4.95. The Hall–Kier alpha value is -2.89. The molecular weight excluding hydrogens is 366 g/mol. The molecule has 2 N–H and O–H groups in total. The van der Waals surface area contributed by atoms with Crippen LogP contribution in [0.3, 0.4) is 0 Å². The molecule has 0 unspecified atom stereocenters. The average Bonchev–Trinajstić information content (AvgIpc) is 2.98. The van der Waals surface area contributed by atoms with Crippen molar-refractivity contribution in [3.05, 3.63) is 53.9 Å². The SMILES string of the molecule is CC(C)Oc1ccccc1NC(=O)c1cncc(C(=O)NC2CCCCCC2)c1. The molecule has 6 nitrogen and oxygen atoms in total. The minimum Gasteiger partial charge on any atom is -0.489 e. The molecule has 1 aliphatic rings. The Morgan fingerprint density at radius 2 is 1.66 bits per heavy atom. The second kappa shape index (κ2) is 10.0. The zero-order valence-corrected chi connectivity index (χ0v) is 17.1. The van der Waals surface area contributed by atoms with Crippen LogP contribution >= 0.6 is 0 Å². The smallest absolute Gasteiger partial charge is 0.257 e. The first-order valence-corrected chi connectivity index (χ1v) is 10.4. The minimum absolute atomic E-state index is 0.00858. The zero-order chi connectivity index (χ0) is 20.6. The number of hydrogen-bond acceptors (Lipinski definition) is 4. The number of benzene rings is 1. The predicted octanol–water partition coefficient (Wildman–Crippen LogP) is 4.57. The highest BCUT2D eigenvalue weighted by molar-refractivity contribution is 6.06. The summed E-state index contributed by atoms with van der Waals surface area (Å²) in [5.41, 5.74) is 1.31. The van der Waals surface area contributed by atoms with E-state index in [1.54, 1.807) is 12.1 Å². The Morgan fingerprint density at radius 1 is 1.00 bits per heavy atom. The lowest BCUT2D eigenvalue weighted by Gasteiger charge is -2.16. The predicted molar refractivity (Wildman–Crippen MR) is 113 cm³/mol. The molecule has 1 fully saturated rings. The average molecular weight is 396 g/mol. The van der Waals surface area contributed by atoms with E-state index < -0.39 is 0 Å². The molecule has 0 bridgehead atoms. The van der Waals surface area contributed by atoms with Crippen LogP contribution in [0.1, 0.15) is 73.1 Å². The highest BCUT2D eigenvalue weighted by atomic mass is 16.5. The molecule has 29 heavy (non-hydrogen) atoms.